The fourth-order valence-electron chi connectivity index (χ4n) is 1.40. The summed E-state index contributed by atoms with van der Waals surface area (Å²) >= 11 is 0. The quantitative estimate of drug-likeness (QED) is 0.269. The van der Waals surface area contributed by atoms with E-state index in [1.54, 1.807) is 6.08 Å². The molecule has 16 heavy (non-hydrogen) atoms. The van der Waals surface area contributed by atoms with Crippen molar-refractivity contribution in [1.29, 1.82) is 0 Å². The van der Waals surface area contributed by atoms with Gasteiger partial charge in [0.2, 0.25) is 0 Å². The Morgan fingerprint density at radius 2 is 2.00 bits per heavy atom. The van der Waals surface area contributed by atoms with Gasteiger partial charge < -0.3 is 4.74 Å². The second-order valence-corrected chi connectivity index (χ2v) is 3.98. The van der Waals surface area contributed by atoms with Crippen LogP contribution in [0.4, 0.5) is 0 Å². The molecule has 0 heterocycles. The van der Waals surface area contributed by atoms with Crippen molar-refractivity contribution in [3.05, 3.63) is 24.3 Å². The smallest absolute Gasteiger partial charge is 0.331 e. The van der Waals surface area contributed by atoms with E-state index in [-0.39, 0.29) is 12.1 Å². The molecule has 0 unspecified atom stereocenters. The van der Waals surface area contributed by atoms with E-state index in [1.165, 1.54) is 25.3 Å². The molecule has 2 nitrogen and oxygen atoms in total. The van der Waals surface area contributed by atoms with Gasteiger partial charge in [0.1, 0.15) is 0 Å². The Morgan fingerprint density at radius 1 is 1.25 bits per heavy atom. The van der Waals surface area contributed by atoms with Gasteiger partial charge in [-0.15, -0.1) is 0 Å². The largest absolute Gasteiger partial charge is 0.460 e. The van der Waals surface area contributed by atoms with Crippen LogP contribution in [0.2, 0.25) is 0 Å². The van der Waals surface area contributed by atoms with E-state index in [4.69, 9.17) is 4.74 Å². The normalized spacial score (nSPS) is 13.4. The SMILES string of the molecule is C/C=C/C=C/C(=O)O[C@@H](C)CCCCCC. The van der Waals surface area contributed by atoms with Gasteiger partial charge in [-0.3, -0.25) is 0 Å². The molecule has 0 aromatic heterocycles. The van der Waals surface area contributed by atoms with Crippen molar-refractivity contribution in [2.75, 3.05) is 0 Å². The Kier molecular flexibility index (Phi) is 9.78. The third-order valence-corrected chi connectivity index (χ3v) is 2.32. The Balaban J connectivity index is 3.61. The number of carbonyl (C=O) groups is 1. The summed E-state index contributed by atoms with van der Waals surface area (Å²) < 4.78 is 5.22. The van der Waals surface area contributed by atoms with Crippen LogP contribution in [0.15, 0.2) is 24.3 Å². The third kappa shape index (κ3) is 9.50. The molecule has 0 saturated heterocycles. The summed E-state index contributed by atoms with van der Waals surface area (Å²) in [5, 5.41) is 0. The first kappa shape index (κ1) is 14.9. The molecule has 1 atom stereocenters. The van der Waals surface area contributed by atoms with Crippen molar-refractivity contribution in [2.45, 2.75) is 59.0 Å². The zero-order chi connectivity index (χ0) is 12.2. The number of rotatable bonds is 8. The van der Waals surface area contributed by atoms with Gasteiger partial charge in [0, 0.05) is 6.08 Å². The Bertz CT molecular complexity index is 229. The third-order valence-electron chi connectivity index (χ3n) is 2.32. The lowest BCUT2D eigenvalue weighted by Gasteiger charge is -2.11. The molecule has 0 bridgehead atoms. The highest BCUT2D eigenvalue weighted by Crippen LogP contribution is 2.08. The van der Waals surface area contributed by atoms with Gasteiger partial charge >= 0.3 is 5.97 Å². The first-order valence-corrected chi connectivity index (χ1v) is 6.20. The van der Waals surface area contributed by atoms with E-state index < -0.39 is 0 Å². The molecule has 0 fully saturated rings. The van der Waals surface area contributed by atoms with Crippen LogP contribution in [0, 0.1) is 0 Å². The average molecular weight is 224 g/mol. The van der Waals surface area contributed by atoms with Crippen LogP contribution in [-0.2, 0) is 9.53 Å². The molecule has 2 heteroatoms. The first-order chi connectivity index (χ1) is 7.70. The van der Waals surface area contributed by atoms with Crippen molar-refractivity contribution in [3.63, 3.8) is 0 Å². The number of unbranched alkanes of at least 4 members (excludes halogenated alkanes) is 3. The minimum atomic E-state index is -0.249. The standard InChI is InChI=1S/C14H24O2/c1-4-6-8-10-11-13(3)16-14(15)12-9-7-5-2/h5,7,9,12-13H,4,6,8,10-11H2,1-3H3/b7-5+,12-9+/t13-/m0/s1. The number of hydrogen-bond donors (Lipinski definition) is 0. The van der Waals surface area contributed by atoms with Gasteiger partial charge in [0.25, 0.3) is 0 Å². The molecule has 0 aliphatic carbocycles. The van der Waals surface area contributed by atoms with Gasteiger partial charge in [0.15, 0.2) is 0 Å². The molecule has 0 aromatic rings. The van der Waals surface area contributed by atoms with Gasteiger partial charge in [-0.1, -0.05) is 44.4 Å². The summed E-state index contributed by atoms with van der Waals surface area (Å²) in [6.07, 6.45) is 12.7. The zero-order valence-electron chi connectivity index (χ0n) is 10.7. The van der Waals surface area contributed by atoms with Gasteiger partial charge in [0.05, 0.1) is 6.10 Å². The Morgan fingerprint density at radius 3 is 2.62 bits per heavy atom. The molecule has 0 saturated carbocycles. The van der Waals surface area contributed by atoms with E-state index in [2.05, 4.69) is 6.92 Å². The molecule has 0 rings (SSSR count). The van der Waals surface area contributed by atoms with Gasteiger partial charge in [-0.25, -0.2) is 4.79 Å². The van der Waals surface area contributed by atoms with Crippen LogP contribution in [0.3, 0.4) is 0 Å². The van der Waals surface area contributed by atoms with Crippen LogP contribution < -0.4 is 0 Å². The molecule has 0 amide bonds. The van der Waals surface area contributed by atoms with Crippen LogP contribution in [0.5, 0.6) is 0 Å². The molecular formula is C14H24O2. The van der Waals surface area contributed by atoms with Crippen LogP contribution in [0.1, 0.15) is 52.9 Å². The second kappa shape index (κ2) is 10.5. The molecule has 0 spiro atoms. The van der Waals surface area contributed by atoms with Crippen molar-refractivity contribution in [3.8, 4) is 0 Å². The number of carbonyl (C=O) groups excluding carboxylic acids is 1. The number of hydrogen-bond acceptors (Lipinski definition) is 2. The molecule has 0 radical (unpaired) electrons. The highest BCUT2D eigenvalue weighted by molar-refractivity contribution is 5.82. The molecule has 0 aromatic carbocycles. The van der Waals surface area contributed by atoms with Crippen molar-refractivity contribution < 1.29 is 9.53 Å². The maximum absolute atomic E-state index is 11.3. The predicted molar refractivity (Wildman–Crippen MR) is 68.3 cm³/mol. The minimum absolute atomic E-state index is 0.0274. The van der Waals surface area contributed by atoms with E-state index in [9.17, 15) is 4.79 Å². The second-order valence-electron chi connectivity index (χ2n) is 3.98. The summed E-state index contributed by atoms with van der Waals surface area (Å²) in [6, 6.07) is 0. The van der Waals surface area contributed by atoms with Gasteiger partial charge in [-0.2, -0.15) is 0 Å². The summed E-state index contributed by atoms with van der Waals surface area (Å²) in [5.41, 5.74) is 0. The highest BCUT2D eigenvalue weighted by Gasteiger charge is 2.05. The van der Waals surface area contributed by atoms with E-state index in [0.717, 1.165) is 12.8 Å². The monoisotopic (exact) mass is 224 g/mol. The molecule has 0 aliphatic rings. The maximum atomic E-state index is 11.3. The van der Waals surface area contributed by atoms with Gasteiger partial charge in [-0.05, 0) is 26.7 Å². The number of allylic oxidation sites excluding steroid dienone is 3. The maximum Gasteiger partial charge on any atom is 0.331 e. The van der Waals surface area contributed by atoms with Crippen molar-refractivity contribution >= 4 is 5.97 Å². The van der Waals surface area contributed by atoms with Crippen LogP contribution in [0.25, 0.3) is 0 Å². The van der Waals surface area contributed by atoms with Crippen molar-refractivity contribution in [2.24, 2.45) is 0 Å². The fraction of sp³-hybridized carbons (Fsp3) is 0.643. The lowest BCUT2D eigenvalue weighted by molar-refractivity contribution is -0.142. The molecule has 0 N–H and O–H groups in total. The van der Waals surface area contributed by atoms with Crippen LogP contribution >= 0.6 is 0 Å². The highest BCUT2D eigenvalue weighted by atomic mass is 16.5. The number of ether oxygens (including phenoxy) is 1. The predicted octanol–water partition coefficient (Wildman–Crippen LogP) is 4.02. The molecule has 0 aliphatic heterocycles. The molecule has 92 valence electrons. The fourth-order valence-corrected chi connectivity index (χ4v) is 1.40. The first-order valence-electron chi connectivity index (χ1n) is 6.20. The number of esters is 1. The summed E-state index contributed by atoms with van der Waals surface area (Å²) in [4.78, 5) is 11.3. The topological polar surface area (TPSA) is 26.3 Å². The van der Waals surface area contributed by atoms with Crippen molar-refractivity contribution in [1.82, 2.24) is 0 Å². The van der Waals surface area contributed by atoms with E-state index >= 15 is 0 Å². The summed E-state index contributed by atoms with van der Waals surface area (Å²) in [6.45, 7) is 6.05. The minimum Gasteiger partial charge on any atom is -0.460 e. The summed E-state index contributed by atoms with van der Waals surface area (Å²) in [5.74, 6) is -0.249. The lowest BCUT2D eigenvalue weighted by atomic mass is 10.1. The average Bonchev–Trinajstić information content (AvgIpc) is 2.25. The molecular weight excluding hydrogens is 200 g/mol. The van der Waals surface area contributed by atoms with Crippen LogP contribution in [-0.4, -0.2) is 12.1 Å². The van der Waals surface area contributed by atoms with E-state index in [1.807, 2.05) is 26.0 Å². The van der Waals surface area contributed by atoms with E-state index in [0.29, 0.717) is 0 Å². The Hall–Kier alpha value is -1.05. The lowest BCUT2D eigenvalue weighted by Crippen LogP contribution is -2.12. The summed E-state index contributed by atoms with van der Waals surface area (Å²) in [7, 11) is 0. The zero-order valence-corrected chi connectivity index (χ0v) is 10.7. The Labute approximate surface area is 99.4 Å².